The summed E-state index contributed by atoms with van der Waals surface area (Å²) in [6.45, 7) is 5.61. The molecule has 2 aromatic carbocycles. The lowest BCUT2D eigenvalue weighted by atomic mass is 9.92. The summed E-state index contributed by atoms with van der Waals surface area (Å²) in [6.07, 6.45) is 4.96. The number of rotatable bonds is 6. The van der Waals surface area contributed by atoms with Crippen molar-refractivity contribution in [3.8, 4) is 0 Å². The van der Waals surface area contributed by atoms with Crippen molar-refractivity contribution in [2.75, 3.05) is 18.4 Å². The van der Waals surface area contributed by atoms with Crippen LogP contribution in [0.15, 0.2) is 41.3 Å². The molecule has 31 heavy (non-hydrogen) atoms. The molecule has 1 aliphatic heterocycles. The summed E-state index contributed by atoms with van der Waals surface area (Å²) in [4.78, 5) is 13.1. The zero-order valence-electron chi connectivity index (χ0n) is 18.2. The van der Waals surface area contributed by atoms with Gasteiger partial charge in [0.1, 0.15) is 0 Å². The molecule has 4 rings (SSSR count). The second-order valence-corrected chi connectivity index (χ2v) is 10.4. The fourth-order valence-electron chi connectivity index (χ4n) is 4.72. The summed E-state index contributed by atoms with van der Waals surface area (Å²) >= 11 is 0. The standard InChI is InChI=1S/C24H31N3O3S/c1-16-15-20(31(29,30)27-17(2)18-11-13-25-14-12-18)9-10-23(16)26-24(28)22-8-4-6-19-5-3-7-21(19)22/h4,6,8-10,15,17-18,25,27H,3,5,7,11-14H2,1-2H3,(H,26,28)/t17-/m1/s1. The number of hydrogen-bond donors (Lipinski definition) is 3. The number of sulfonamides is 1. The Kier molecular flexibility index (Phi) is 6.46. The first kappa shape index (κ1) is 22.0. The predicted octanol–water partition coefficient (Wildman–Crippen LogP) is 3.40. The topological polar surface area (TPSA) is 87.3 Å². The van der Waals surface area contributed by atoms with Crippen LogP contribution in [0.2, 0.25) is 0 Å². The van der Waals surface area contributed by atoms with E-state index in [4.69, 9.17) is 0 Å². The minimum absolute atomic E-state index is 0.119. The van der Waals surface area contributed by atoms with Crippen LogP contribution in [0.3, 0.4) is 0 Å². The molecule has 1 heterocycles. The van der Waals surface area contributed by atoms with Gasteiger partial charge in [-0.3, -0.25) is 4.79 Å². The Morgan fingerprint density at radius 2 is 1.90 bits per heavy atom. The Balaban J connectivity index is 1.47. The molecule has 2 aromatic rings. The summed E-state index contributed by atoms with van der Waals surface area (Å²) < 4.78 is 28.7. The highest BCUT2D eigenvalue weighted by molar-refractivity contribution is 7.89. The molecule has 1 saturated heterocycles. The van der Waals surface area contributed by atoms with Gasteiger partial charge in [-0.05, 0) is 106 Å². The zero-order valence-corrected chi connectivity index (χ0v) is 19.0. The highest BCUT2D eigenvalue weighted by Crippen LogP contribution is 2.27. The summed E-state index contributed by atoms with van der Waals surface area (Å²) in [5.74, 6) is 0.193. The number of benzene rings is 2. The molecule has 0 radical (unpaired) electrons. The van der Waals surface area contributed by atoms with Gasteiger partial charge in [0.25, 0.3) is 5.91 Å². The largest absolute Gasteiger partial charge is 0.322 e. The van der Waals surface area contributed by atoms with Crippen LogP contribution in [0.4, 0.5) is 5.69 Å². The molecule has 1 atom stereocenters. The quantitative estimate of drug-likeness (QED) is 0.641. The highest BCUT2D eigenvalue weighted by Gasteiger charge is 2.26. The molecule has 0 bridgehead atoms. The first-order valence-electron chi connectivity index (χ1n) is 11.1. The lowest BCUT2D eigenvalue weighted by Gasteiger charge is -2.28. The minimum atomic E-state index is -3.62. The van der Waals surface area contributed by atoms with Crippen molar-refractivity contribution in [1.29, 1.82) is 0 Å². The summed E-state index contributed by atoms with van der Waals surface area (Å²) in [5.41, 5.74) is 4.44. The van der Waals surface area contributed by atoms with Crippen LogP contribution in [-0.2, 0) is 22.9 Å². The molecule has 0 aromatic heterocycles. The number of anilines is 1. The molecule has 1 fully saturated rings. The predicted molar refractivity (Wildman–Crippen MR) is 123 cm³/mol. The monoisotopic (exact) mass is 441 g/mol. The Labute approximate surface area is 184 Å². The van der Waals surface area contributed by atoms with Gasteiger partial charge < -0.3 is 10.6 Å². The van der Waals surface area contributed by atoms with Crippen molar-refractivity contribution < 1.29 is 13.2 Å². The van der Waals surface area contributed by atoms with Crippen molar-refractivity contribution in [3.63, 3.8) is 0 Å². The van der Waals surface area contributed by atoms with Gasteiger partial charge in [-0.2, -0.15) is 0 Å². The van der Waals surface area contributed by atoms with E-state index in [-0.39, 0.29) is 16.8 Å². The van der Waals surface area contributed by atoms with Crippen molar-refractivity contribution in [3.05, 3.63) is 58.7 Å². The second kappa shape index (κ2) is 9.10. The minimum Gasteiger partial charge on any atom is -0.322 e. The SMILES string of the molecule is Cc1cc(S(=O)(=O)N[C@H](C)C2CCNCC2)ccc1NC(=O)c1cccc2c1CCC2. The zero-order chi connectivity index (χ0) is 22.0. The molecular weight excluding hydrogens is 410 g/mol. The van der Waals surface area contributed by atoms with Gasteiger partial charge in [0, 0.05) is 17.3 Å². The molecule has 166 valence electrons. The van der Waals surface area contributed by atoms with Gasteiger partial charge >= 0.3 is 0 Å². The summed E-state index contributed by atoms with van der Waals surface area (Å²) in [7, 11) is -3.62. The molecular formula is C24H31N3O3S. The van der Waals surface area contributed by atoms with Crippen LogP contribution in [-0.4, -0.2) is 33.5 Å². The summed E-state index contributed by atoms with van der Waals surface area (Å²) in [5, 5.41) is 6.27. The van der Waals surface area contributed by atoms with E-state index in [9.17, 15) is 13.2 Å². The van der Waals surface area contributed by atoms with Crippen molar-refractivity contribution >= 4 is 21.6 Å². The molecule has 7 heteroatoms. The molecule has 2 aliphatic rings. The van der Waals surface area contributed by atoms with E-state index in [1.807, 2.05) is 26.0 Å². The third kappa shape index (κ3) is 4.84. The molecule has 1 aliphatic carbocycles. The third-order valence-electron chi connectivity index (χ3n) is 6.58. The Morgan fingerprint density at radius 1 is 1.13 bits per heavy atom. The van der Waals surface area contributed by atoms with E-state index in [0.717, 1.165) is 56.3 Å². The molecule has 6 nitrogen and oxygen atoms in total. The number of carbonyl (C=O) groups excluding carboxylic acids is 1. The van der Waals surface area contributed by atoms with E-state index < -0.39 is 10.0 Å². The number of carbonyl (C=O) groups is 1. The van der Waals surface area contributed by atoms with Gasteiger partial charge in [0.15, 0.2) is 0 Å². The van der Waals surface area contributed by atoms with E-state index in [0.29, 0.717) is 17.2 Å². The van der Waals surface area contributed by atoms with Crippen LogP contribution in [0, 0.1) is 12.8 Å². The number of piperidine rings is 1. The molecule has 1 amide bonds. The van der Waals surface area contributed by atoms with E-state index in [2.05, 4.69) is 21.4 Å². The third-order valence-corrected chi connectivity index (χ3v) is 8.14. The Hall–Kier alpha value is -2.22. The number of aryl methyl sites for hydroxylation is 2. The Bertz CT molecular complexity index is 1080. The molecule has 0 unspecified atom stereocenters. The smallest absolute Gasteiger partial charge is 0.255 e. The fraction of sp³-hybridized carbons (Fsp3) is 0.458. The number of amides is 1. The van der Waals surface area contributed by atoms with Gasteiger partial charge in [-0.15, -0.1) is 0 Å². The van der Waals surface area contributed by atoms with Crippen LogP contribution in [0.5, 0.6) is 0 Å². The Morgan fingerprint density at radius 3 is 2.65 bits per heavy atom. The highest BCUT2D eigenvalue weighted by atomic mass is 32.2. The maximum atomic E-state index is 12.9. The van der Waals surface area contributed by atoms with Crippen molar-refractivity contribution in [1.82, 2.24) is 10.0 Å². The number of nitrogens with one attached hydrogen (secondary N) is 3. The lowest BCUT2D eigenvalue weighted by Crippen LogP contribution is -2.42. The van der Waals surface area contributed by atoms with Crippen LogP contribution in [0.1, 0.15) is 53.2 Å². The van der Waals surface area contributed by atoms with Crippen LogP contribution in [0.25, 0.3) is 0 Å². The maximum absolute atomic E-state index is 12.9. The van der Waals surface area contributed by atoms with Crippen molar-refractivity contribution in [2.24, 2.45) is 5.92 Å². The number of hydrogen-bond acceptors (Lipinski definition) is 4. The first-order chi connectivity index (χ1) is 14.8. The average Bonchev–Trinajstić information content (AvgIpc) is 3.24. The lowest BCUT2D eigenvalue weighted by molar-refractivity contribution is 0.102. The summed E-state index contributed by atoms with van der Waals surface area (Å²) in [6, 6.07) is 10.6. The fourth-order valence-corrected chi connectivity index (χ4v) is 6.12. The molecule has 3 N–H and O–H groups in total. The normalized spacial score (nSPS) is 17.9. The average molecular weight is 442 g/mol. The van der Waals surface area contributed by atoms with Gasteiger partial charge in [-0.25, -0.2) is 13.1 Å². The van der Waals surface area contributed by atoms with Gasteiger partial charge in [-0.1, -0.05) is 12.1 Å². The van der Waals surface area contributed by atoms with Gasteiger partial charge in [0.05, 0.1) is 4.90 Å². The molecule has 0 spiro atoms. The van der Waals surface area contributed by atoms with Gasteiger partial charge in [0.2, 0.25) is 10.0 Å². The van der Waals surface area contributed by atoms with E-state index in [1.54, 1.807) is 18.2 Å². The molecule has 0 saturated carbocycles. The van der Waals surface area contributed by atoms with Crippen LogP contribution >= 0.6 is 0 Å². The van der Waals surface area contributed by atoms with E-state index in [1.165, 1.54) is 5.56 Å². The number of fused-ring (bicyclic) bond motifs is 1. The first-order valence-corrected chi connectivity index (χ1v) is 12.6. The van der Waals surface area contributed by atoms with Crippen molar-refractivity contribution in [2.45, 2.75) is 56.9 Å². The second-order valence-electron chi connectivity index (χ2n) is 8.73. The maximum Gasteiger partial charge on any atom is 0.255 e. The van der Waals surface area contributed by atoms with E-state index >= 15 is 0 Å². The van der Waals surface area contributed by atoms with Crippen LogP contribution < -0.4 is 15.4 Å².